The van der Waals surface area contributed by atoms with E-state index in [-0.39, 0.29) is 17.9 Å². The van der Waals surface area contributed by atoms with E-state index in [4.69, 9.17) is 9.73 Å². The molecule has 2 aliphatic rings. The van der Waals surface area contributed by atoms with Gasteiger partial charge in [-0.05, 0) is 32.6 Å². The first-order valence-corrected chi connectivity index (χ1v) is 19.8. The van der Waals surface area contributed by atoms with Gasteiger partial charge in [-0.25, -0.2) is 0 Å². The average Bonchev–Trinajstić information content (AvgIpc) is 2.97. The van der Waals surface area contributed by atoms with Crippen molar-refractivity contribution in [2.75, 3.05) is 63.3 Å². The Hall–Kier alpha value is -1.21. The smallest absolute Gasteiger partial charge is 0.0359 e. The van der Waals surface area contributed by atoms with Crippen molar-refractivity contribution in [3.8, 4) is 0 Å². The predicted octanol–water partition coefficient (Wildman–Crippen LogP) is 0.718. The molecular formula is C33H62IN6O3-. The molecule has 250 valence electrons. The molecule has 2 rings (SSSR count). The van der Waals surface area contributed by atoms with Crippen molar-refractivity contribution in [3.63, 3.8) is 0 Å². The number of carbonyl (C=O) groups excluding carboxylic acids is 1. The topological polar surface area (TPSA) is 92.7 Å². The average molecular weight is 718 g/mol. The second kappa shape index (κ2) is 18.1. The van der Waals surface area contributed by atoms with Crippen LogP contribution in [-0.2, 0) is 9.53 Å². The SMILES string of the molecule is C=C(C)C(C)(C(=O)N1CCC(C)CC1)[C@H](C)[C@@H](CN=C1NC=CC(C)(N(CCCCC[I-]C)CCC(O)N(C)C)N1)OC. The third-order valence-electron chi connectivity index (χ3n) is 9.76. The summed E-state index contributed by atoms with van der Waals surface area (Å²) in [6, 6.07) is 0. The number of halogens is 1. The number of hydrogen-bond acceptors (Lipinski definition) is 6. The molecule has 1 saturated heterocycles. The largest absolute Gasteiger partial charge is 0.379 e. The Bertz CT molecular complexity index is 938. The minimum Gasteiger partial charge on any atom is -0.379 e. The van der Waals surface area contributed by atoms with Crippen LogP contribution in [0, 0.1) is 17.3 Å². The maximum Gasteiger partial charge on any atom is 0.0359 e. The zero-order valence-corrected chi connectivity index (χ0v) is 30.7. The van der Waals surface area contributed by atoms with E-state index < -0.39 is 17.3 Å². The van der Waals surface area contributed by atoms with Crippen LogP contribution in [0.15, 0.2) is 29.4 Å². The Morgan fingerprint density at radius 1 is 1.30 bits per heavy atom. The number of ether oxygens (including phenoxy) is 1. The number of rotatable bonds is 18. The van der Waals surface area contributed by atoms with Gasteiger partial charge in [-0.2, -0.15) is 0 Å². The standard InChI is InChI=1S/C33H62IN6O3/c1-25(2)33(6,30(42)39-21-14-26(3)15-22-39)27(4)28(43-10)24-36-31-35-19-17-32(5,37-31)40(20-13-11-12-18-34-7)23-16-29(41)38(8)9/h17,19,26-29,41H,1,11-16,18,20-24H2,2-10H3,(H2,35,36,37)/q-1/t27-,28-,29?,32?,33?/m1/s1. The number of alkyl halides is 2. The minimum absolute atomic E-state index is 0.119. The van der Waals surface area contributed by atoms with Gasteiger partial charge < -0.3 is 9.64 Å². The van der Waals surface area contributed by atoms with E-state index in [1.54, 1.807) is 7.11 Å². The summed E-state index contributed by atoms with van der Waals surface area (Å²) in [7, 11) is 5.52. The molecule has 0 aromatic heterocycles. The van der Waals surface area contributed by atoms with Gasteiger partial charge in [0.1, 0.15) is 0 Å². The van der Waals surface area contributed by atoms with Crippen LogP contribution in [0.3, 0.4) is 0 Å². The van der Waals surface area contributed by atoms with Crippen LogP contribution in [0.5, 0.6) is 0 Å². The van der Waals surface area contributed by atoms with E-state index in [1.165, 1.54) is 17.3 Å². The fraction of sp³-hybridized carbons (Fsp3) is 0.818. The number of carbonyl (C=O) groups is 1. The second-order valence-electron chi connectivity index (χ2n) is 13.2. The van der Waals surface area contributed by atoms with Gasteiger partial charge in [0.05, 0.1) is 5.41 Å². The van der Waals surface area contributed by atoms with Crippen LogP contribution >= 0.6 is 0 Å². The number of likely N-dealkylation sites (tertiary alicyclic amines) is 1. The molecule has 10 heteroatoms. The van der Waals surface area contributed by atoms with Crippen LogP contribution in [0.2, 0.25) is 0 Å². The van der Waals surface area contributed by atoms with E-state index >= 15 is 0 Å². The monoisotopic (exact) mass is 717 g/mol. The van der Waals surface area contributed by atoms with Crippen molar-refractivity contribution in [1.29, 1.82) is 0 Å². The van der Waals surface area contributed by atoms with E-state index in [2.05, 4.69) is 53.9 Å². The number of aliphatic hydroxyl groups is 1. The Labute approximate surface area is 273 Å². The number of unbranched alkanes of at least 4 members (excludes halogenated alkanes) is 2. The molecular weight excluding hydrogens is 655 g/mol. The predicted molar refractivity (Wildman–Crippen MR) is 175 cm³/mol. The summed E-state index contributed by atoms with van der Waals surface area (Å²) in [6.07, 6.45) is 9.73. The fourth-order valence-corrected chi connectivity index (χ4v) is 7.28. The molecule has 9 nitrogen and oxygen atoms in total. The molecule has 0 spiro atoms. The van der Waals surface area contributed by atoms with E-state index in [0.717, 1.165) is 51.0 Å². The van der Waals surface area contributed by atoms with Gasteiger partial charge in [0, 0.05) is 26.1 Å². The van der Waals surface area contributed by atoms with Crippen LogP contribution < -0.4 is 31.8 Å². The number of aliphatic hydroxyl groups excluding tert-OH is 1. The Morgan fingerprint density at radius 3 is 2.56 bits per heavy atom. The third kappa shape index (κ3) is 10.7. The van der Waals surface area contributed by atoms with Crippen molar-refractivity contribution < 1.29 is 35.8 Å². The van der Waals surface area contributed by atoms with Crippen molar-refractivity contribution in [2.24, 2.45) is 22.2 Å². The van der Waals surface area contributed by atoms with Crippen LogP contribution in [-0.4, -0.2) is 113 Å². The summed E-state index contributed by atoms with van der Waals surface area (Å²) < 4.78 is 7.37. The molecule has 2 heterocycles. The first kappa shape index (κ1) is 38.0. The molecule has 5 atom stereocenters. The quantitative estimate of drug-likeness (QED) is 0.0634. The van der Waals surface area contributed by atoms with Gasteiger partial charge in [-0.1, -0.05) is 26.0 Å². The number of hydrogen-bond donors (Lipinski definition) is 3. The van der Waals surface area contributed by atoms with Gasteiger partial charge >= 0.3 is 164 Å². The van der Waals surface area contributed by atoms with Crippen molar-refractivity contribution >= 4 is 11.9 Å². The number of methoxy groups -OCH3 is 1. The number of piperidine rings is 1. The third-order valence-corrected chi connectivity index (χ3v) is 11.6. The first-order chi connectivity index (χ1) is 20.3. The molecule has 1 amide bonds. The van der Waals surface area contributed by atoms with E-state index in [0.29, 0.717) is 46.0 Å². The molecule has 0 aromatic carbocycles. The van der Waals surface area contributed by atoms with Gasteiger partial charge in [0.2, 0.25) is 5.91 Å². The molecule has 43 heavy (non-hydrogen) atoms. The molecule has 3 N–H and O–H groups in total. The number of guanidine groups is 1. The summed E-state index contributed by atoms with van der Waals surface area (Å²) >= 11 is 0.348. The fourth-order valence-electron chi connectivity index (χ4n) is 5.98. The molecule has 1 fully saturated rings. The van der Waals surface area contributed by atoms with Gasteiger partial charge in [-0.3, -0.25) is 4.79 Å². The minimum atomic E-state index is -0.743. The first-order valence-electron chi connectivity index (χ1n) is 16.1. The zero-order valence-electron chi connectivity index (χ0n) is 28.6. The molecule has 2 aliphatic heterocycles. The molecule has 0 radical (unpaired) electrons. The number of nitrogens with zero attached hydrogens (tertiary/aromatic N) is 4. The van der Waals surface area contributed by atoms with Gasteiger partial charge in [0.25, 0.3) is 0 Å². The van der Waals surface area contributed by atoms with Crippen molar-refractivity contribution in [1.82, 2.24) is 25.3 Å². The summed E-state index contributed by atoms with van der Waals surface area (Å²) in [6.45, 7) is 18.5. The maximum atomic E-state index is 13.9. The summed E-state index contributed by atoms with van der Waals surface area (Å²) in [5, 5.41) is 17.4. The Balaban J connectivity index is 2.17. The Kier molecular flexibility index (Phi) is 16.0. The molecule has 0 aromatic rings. The van der Waals surface area contributed by atoms with Gasteiger partial charge in [-0.15, -0.1) is 0 Å². The van der Waals surface area contributed by atoms with E-state index in [9.17, 15) is 9.90 Å². The molecule has 3 unspecified atom stereocenters. The van der Waals surface area contributed by atoms with Crippen molar-refractivity contribution in [2.45, 2.75) is 91.1 Å². The summed E-state index contributed by atoms with van der Waals surface area (Å²) in [4.78, 5) is 27.5. The van der Waals surface area contributed by atoms with E-state index in [1.807, 2.05) is 43.9 Å². The molecule has 0 bridgehead atoms. The van der Waals surface area contributed by atoms with Crippen LogP contribution in [0.1, 0.15) is 73.1 Å². The summed E-state index contributed by atoms with van der Waals surface area (Å²) in [5.41, 5.74) is -0.332. The molecule has 0 aliphatic carbocycles. The second-order valence-corrected chi connectivity index (χ2v) is 15.8. The maximum absolute atomic E-state index is 13.9. The zero-order chi connectivity index (χ0) is 32.2. The van der Waals surface area contributed by atoms with Crippen LogP contribution in [0.4, 0.5) is 0 Å². The van der Waals surface area contributed by atoms with Crippen molar-refractivity contribution in [3.05, 3.63) is 24.4 Å². The number of nitrogens with one attached hydrogen (secondary N) is 2. The summed E-state index contributed by atoms with van der Waals surface area (Å²) in [5.74, 6) is 1.37. The normalized spacial score (nSPS) is 24.1. The van der Waals surface area contributed by atoms with Gasteiger partial charge in [0.15, 0.2) is 0 Å². The van der Waals surface area contributed by atoms with Crippen LogP contribution in [0.25, 0.3) is 0 Å². The Morgan fingerprint density at radius 2 is 1.98 bits per heavy atom. The number of amides is 1. The number of aliphatic imine (C=N–C) groups is 1. The molecule has 0 saturated carbocycles.